The van der Waals surface area contributed by atoms with Crippen LogP contribution in [0.15, 0.2) is 59.6 Å². The lowest BCUT2D eigenvalue weighted by molar-refractivity contribution is -0.137. The molecule has 0 spiro atoms. The normalized spacial score (nSPS) is 11.6. The molecule has 1 amide bonds. The number of aromatic amines is 1. The topological polar surface area (TPSA) is 67.0 Å². The first kappa shape index (κ1) is 19.0. The van der Waals surface area contributed by atoms with E-state index >= 15 is 0 Å². The highest BCUT2D eigenvalue weighted by Crippen LogP contribution is 2.30. The van der Waals surface area contributed by atoms with Crippen LogP contribution in [0.2, 0.25) is 0 Å². The molecule has 0 atom stereocenters. The molecule has 0 unspecified atom stereocenters. The Morgan fingerprint density at radius 3 is 2.66 bits per heavy atom. The summed E-state index contributed by atoms with van der Waals surface area (Å²) in [6, 6.07) is 10.1. The maximum atomic E-state index is 12.6. The summed E-state index contributed by atoms with van der Waals surface area (Å²) in [4.78, 5) is 19.3. The zero-order chi connectivity index (χ0) is 20.4. The fourth-order valence-electron chi connectivity index (χ4n) is 2.76. The van der Waals surface area contributed by atoms with Crippen LogP contribution in [0.25, 0.3) is 10.9 Å². The van der Waals surface area contributed by atoms with Crippen molar-refractivity contribution < 1.29 is 22.7 Å². The molecule has 9 heteroatoms. The summed E-state index contributed by atoms with van der Waals surface area (Å²) < 4.78 is 43.6. The van der Waals surface area contributed by atoms with E-state index in [1.54, 1.807) is 35.3 Å². The van der Waals surface area contributed by atoms with Gasteiger partial charge in [-0.1, -0.05) is 12.1 Å². The van der Waals surface area contributed by atoms with Crippen molar-refractivity contribution in [3.8, 4) is 5.75 Å². The molecule has 148 valence electrons. The zero-order valence-electron chi connectivity index (χ0n) is 14.8. The fraction of sp³-hybridized carbons (Fsp3) is 0.100. The van der Waals surface area contributed by atoms with Crippen molar-refractivity contribution in [1.82, 2.24) is 9.97 Å². The van der Waals surface area contributed by atoms with Crippen LogP contribution in [0, 0.1) is 0 Å². The molecule has 0 radical (unpaired) electrons. The third-order valence-electron chi connectivity index (χ3n) is 4.25. The number of nitrogens with zero attached hydrogens (tertiary/aromatic N) is 1. The summed E-state index contributed by atoms with van der Waals surface area (Å²) in [5.41, 5.74) is 3.22. The second kappa shape index (κ2) is 7.59. The Bertz CT molecular complexity index is 1140. The van der Waals surface area contributed by atoms with Gasteiger partial charge < -0.3 is 15.0 Å². The average Bonchev–Trinajstić information content (AvgIpc) is 3.36. The van der Waals surface area contributed by atoms with Crippen LogP contribution in [-0.4, -0.2) is 15.9 Å². The number of alkyl halides is 3. The van der Waals surface area contributed by atoms with E-state index in [9.17, 15) is 18.0 Å². The fourth-order valence-corrected chi connectivity index (χ4v) is 3.29. The number of carbonyl (C=O) groups is 1. The van der Waals surface area contributed by atoms with Crippen molar-refractivity contribution in [1.29, 1.82) is 0 Å². The van der Waals surface area contributed by atoms with Crippen molar-refractivity contribution in [2.45, 2.75) is 12.8 Å². The Hall–Kier alpha value is -3.33. The summed E-state index contributed by atoms with van der Waals surface area (Å²) in [7, 11) is 0. The molecule has 0 saturated heterocycles. The molecule has 2 heterocycles. The first-order chi connectivity index (χ1) is 13.9. The molecule has 2 aromatic carbocycles. The Kier molecular flexibility index (Phi) is 4.98. The van der Waals surface area contributed by atoms with Gasteiger partial charge in [0.2, 0.25) is 0 Å². The Balaban J connectivity index is 1.48. The molecule has 0 saturated carbocycles. The number of benzene rings is 2. The number of nitrogens with one attached hydrogen (secondary N) is 2. The van der Waals surface area contributed by atoms with E-state index in [1.807, 2.05) is 0 Å². The van der Waals surface area contributed by atoms with Gasteiger partial charge in [0.05, 0.1) is 16.8 Å². The number of fused-ring (bicyclic) bond motifs is 1. The first-order valence-corrected chi connectivity index (χ1v) is 9.44. The average molecular weight is 417 g/mol. The van der Waals surface area contributed by atoms with Crippen molar-refractivity contribution >= 4 is 33.8 Å². The first-order valence-electron chi connectivity index (χ1n) is 8.50. The van der Waals surface area contributed by atoms with Gasteiger partial charge in [0, 0.05) is 22.5 Å². The van der Waals surface area contributed by atoms with E-state index < -0.39 is 11.7 Å². The van der Waals surface area contributed by atoms with Crippen molar-refractivity contribution in [3.63, 3.8) is 0 Å². The summed E-state index contributed by atoms with van der Waals surface area (Å²) >= 11 is 1.33. The molecule has 0 aliphatic carbocycles. The summed E-state index contributed by atoms with van der Waals surface area (Å²) in [5.74, 6) is 0.212. The molecular formula is C20H14F3N3O2S. The highest BCUT2D eigenvalue weighted by Gasteiger charge is 2.29. The standard InChI is InChI=1S/C20H14F3N3O2S/c21-20(22,23)13-3-1-12(2-4-13)9-28-14-5-6-16-15(7-14)17(8-24-16)26-19(27)18-10-29-11-25-18/h1-8,10-11,24H,9H2,(H,26,27). The second-order valence-corrected chi connectivity index (χ2v) is 6.94. The number of anilines is 1. The predicted octanol–water partition coefficient (Wildman–Crippen LogP) is 5.47. The SMILES string of the molecule is O=C(Nc1c[nH]c2ccc(OCc3ccc(C(F)(F)F)cc3)cc12)c1cscn1. The third-order valence-corrected chi connectivity index (χ3v) is 4.84. The quantitative estimate of drug-likeness (QED) is 0.452. The van der Waals surface area contributed by atoms with Gasteiger partial charge in [-0.05, 0) is 35.9 Å². The Morgan fingerprint density at radius 1 is 1.17 bits per heavy atom. The lowest BCUT2D eigenvalue weighted by Gasteiger charge is -2.09. The minimum atomic E-state index is -4.36. The Morgan fingerprint density at radius 2 is 1.97 bits per heavy atom. The molecule has 2 aromatic heterocycles. The highest BCUT2D eigenvalue weighted by molar-refractivity contribution is 7.07. The van der Waals surface area contributed by atoms with Gasteiger partial charge in [0.1, 0.15) is 18.1 Å². The number of hydrogen-bond acceptors (Lipinski definition) is 4. The lowest BCUT2D eigenvalue weighted by Crippen LogP contribution is -2.11. The number of H-pyrrole nitrogens is 1. The monoisotopic (exact) mass is 417 g/mol. The van der Waals surface area contributed by atoms with E-state index in [0.29, 0.717) is 22.7 Å². The predicted molar refractivity (Wildman–Crippen MR) is 104 cm³/mol. The third kappa shape index (κ3) is 4.24. The molecule has 0 fully saturated rings. The van der Waals surface area contributed by atoms with Crippen LogP contribution in [-0.2, 0) is 12.8 Å². The smallest absolute Gasteiger partial charge is 0.416 e. The van der Waals surface area contributed by atoms with Crippen molar-refractivity contribution in [2.75, 3.05) is 5.32 Å². The van der Waals surface area contributed by atoms with E-state index in [0.717, 1.165) is 23.0 Å². The molecule has 4 rings (SSSR count). The summed E-state index contributed by atoms with van der Waals surface area (Å²) in [5, 5.41) is 5.20. The summed E-state index contributed by atoms with van der Waals surface area (Å²) in [6.45, 7) is 0.120. The van der Waals surface area contributed by atoms with Gasteiger partial charge in [-0.25, -0.2) is 4.98 Å². The van der Waals surface area contributed by atoms with Crippen LogP contribution in [0.3, 0.4) is 0 Å². The second-order valence-electron chi connectivity index (χ2n) is 6.22. The van der Waals surface area contributed by atoms with Crippen molar-refractivity contribution in [3.05, 3.63) is 76.4 Å². The molecule has 29 heavy (non-hydrogen) atoms. The van der Waals surface area contributed by atoms with Gasteiger partial charge >= 0.3 is 6.18 Å². The number of carbonyl (C=O) groups excluding carboxylic acids is 1. The maximum Gasteiger partial charge on any atom is 0.416 e. The van der Waals surface area contributed by atoms with E-state index in [4.69, 9.17) is 4.74 Å². The van der Waals surface area contributed by atoms with Crippen LogP contribution >= 0.6 is 11.3 Å². The highest BCUT2D eigenvalue weighted by atomic mass is 32.1. The van der Waals surface area contributed by atoms with E-state index in [-0.39, 0.29) is 12.5 Å². The van der Waals surface area contributed by atoms with Gasteiger partial charge in [-0.15, -0.1) is 11.3 Å². The number of halogens is 3. The van der Waals surface area contributed by atoms with Crippen LogP contribution in [0.1, 0.15) is 21.6 Å². The van der Waals surface area contributed by atoms with Gasteiger partial charge in [0.25, 0.3) is 5.91 Å². The van der Waals surface area contributed by atoms with Crippen LogP contribution < -0.4 is 10.1 Å². The van der Waals surface area contributed by atoms with Gasteiger partial charge in [-0.2, -0.15) is 13.2 Å². The molecule has 0 bridgehead atoms. The number of rotatable bonds is 5. The number of amides is 1. The van der Waals surface area contributed by atoms with E-state index in [1.165, 1.54) is 23.5 Å². The Labute approximate surface area is 167 Å². The zero-order valence-corrected chi connectivity index (χ0v) is 15.6. The number of aromatic nitrogens is 2. The van der Waals surface area contributed by atoms with Gasteiger partial charge in [0.15, 0.2) is 0 Å². The summed E-state index contributed by atoms with van der Waals surface area (Å²) in [6.07, 6.45) is -2.69. The molecule has 0 aliphatic heterocycles. The molecular weight excluding hydrogens is 403 g/mol. The van der Waals surface area contributed by atoms with Crippen LogP contribution in [0.5, 0.6) is 5.75 Å². The number of hydrogen-bond donors (Lipinski definition) is 2. The maximum absolute atomic E-state index is 12.6. The minimum absolute atomic E-state index is 0.120. The van der Waals surface area contributed by atoms with Gasteiger partial charge in [-0.3, -0.25) is 4.79 Å². The van der Waals surface area contributed by atoms with E-state index in [2.05, 4.69) is 15.3 Å². The largest absolute Gasteiger partial charge is 0.489 e. The molecule has 0 aliphatic rings. The minimum Gasteiger partial charge on any atom is -0.489 e. The van der Waals surface area contributed by atoms with Crippen LogP contribution in [0.4, 0.5) is 18.9 Å². The number of ether oxygens (including phenoxy) is 1. The lowest BCUT2D eigenvalue weighted by atomic mass is 10.1. The molecule has 4 aromatic rings. The molecule has 5 nitrogen and oxygen atoms in total. The van der Waals surface area contributed by atoms with Crippen molar-refractivity contribution in [2.24, 2.45) is 0 Å². The molecule has 2 N–H and O–H groups in total. The number of thiazole rings is 1.